The van der Waals surface area contributed by atoms with E-state index in [-0.39, 0.29) is 36.4 Å². The van der Waals surface area contributed by atoms with Crippen molar-refractivity contribution in [2.45, 2.75) is 63.1 Å². The molecule has 2 bridgehead atoms. The third-order valence-electron chi connectivity index (χ3n) is 5.02. The van der Waals surface area contributed by atoms with Gasteiger partial charge in [0.2, 0.25) is 0 Å². The predicted molar refractivity (Wildman–Crippen MR) is 82.8 cm³/mol. The van der Waals surface area contributed by atoms with E-state index < -0.39 is 35.0 Å². The number of fused-ring (bicyclic) bond motifs is 3. The number of aliphatic hydroxyl groups is 3. The summed E-state index contributed by atoms with van der Waals surface area (Å²) in [5, 5.41) is 32.1. The number of ether oxygens (including phenoxy) is 3. The van der Waals surface area contributed by atoms with E-state index in [9.17, 15) is 24.9 Å². The second kappa shape index (κ2) is 5.63. The fraction of sp³-hybridized carbons (Fsp3) is 0.647. The molecule has 0 aromatic carbocycles. The predicted octanol–water partition coefficient (Wildman–Crippen LogP) is 0.0601. The summed E-state index contributed by atoms with van der Waals surface area (Å²) in [6.45, 7) is 3.93. The lowest BCUT2D eigenvalue weighted by Gasteiger charge is -2.39. The van der Waals surface area contributed by atoms with E-state index in [1.54, 1.807) is 6.92 Å². The van der Waals surface area contributed by atoms with Gasteiger partial charge in [0.25, 0.3) is 0 Å². The highest BCUT2D eigenvalue weighted by atomic mass is 16.7. The molecule has 3 aliphatic heterocycles. The molecule has 0 aromatic heterocycles. The van der Waals surface area contributed by atoms with Crippen molar-refractivity contribution in [2.75, 3.05) is 6.61 Å². The van der Waals surface area contributed by atoms with Crippen molar-refractivity contribution < 1.29 is 39.1 Å². The van der Waals surface area contributed by atoms with Crippen molar-refractivity contribution >= 4 is 11.9 Å². The summed E-state index contributed by atoms with van der Waals surface area (Å²) in [7, 11) is 0. The van der Waals surface area contributed by atoms with Crippen LogP contribution < -0.4 is 0 Å². The molecule has 3 heterocycles. The normalized spacial score (nSPS) is 42.7. The first-order valence-electron chi connectivity index (χ1n) is 8.11. The van der Waals surface area contributed by atoms with Crippen LogP contribution in [0.15, 0.2) is 23.0 Å². The maximum Gasteiger partial charge on any atom is 0.343 e. The van der Waals surface area contributed by atoms with Gasteiger partial charge in [0, 0.05) is 25.3 Å². The van der Waals surface area contributed by atoms with Crippen LogP contribution in [0.1, 0.15) is 40.0 Å². The summed E-state index contributed by atoms with van der Waals surface area (Å²) in [6.07, 6.45) is 0.480. The average molecular weight is 354 g/mol. The van der Waals surface area contributed by atoms with Crippen molar-refractivity contribution in [3.8, 4) is 0 Å². The molecule has 8 heteroatoms. The van der Waals surface area contributed by atoms with Crippen LogP contribution in [-0.2, 0) is 23.8 Å². The minimum atomic E-state index is -1.83. The molecule has 0 aromatic rings. The second-order valence-electron chi connectivity index (χ2n) is 7.26. The summed E-state index contributed by atoms with van der Waals surface area (Å²) < 4.78 is 15.8. The maximum atomic E-state index is 12.2. The Morgan fingerprint density at radius 3 is 2.68 bits per heavy atom. The summed E-state index contributed by atoms with van der Waals surface area (Å²) in [5.74, 6) is -3.03. The van der Waals surface area contributed by atoms with Gasteiger partial charge in [-0.2, -0.15) is 0 Å². The molecule has 1 saturated heterocycles. The highest BCUT2D eigenvalue weighted by Crippen LogP contribution is 2.48. The summed E-state index contributed by atoms with van der Waals surface area (Å²) in [6, 6.07) is 0. The second-order valence-corrected chi connectivity index (χ2v) is 7.26. The highest BCUT2D eigenvalue weighted by Gasteiger charge is 2.58. The summed E-state index contributed by atoms with van der Waals surface area (Å²) in [4.78, 5) is 23.2. The third kappa shape index (κ3) is 2.99. The van der Waals surface area contributed by atoms with E-state index >= 15 is 0 Å². The zero-order valence-corrected chi connectivity index (χ0v) is 14.4. The maximum absolute atomic E-state index is 12.2. The van der Waals surface area contributed by atoms with E-state index in [4.69, 9.17) is 14.2 Å². The SMILES string of the molecule is CC(=O)OCC1=C2/C(=C\[C@@]3(C)CC[C@@](O)(O3)[C@@](C)(O)C[C@@H]2O)OC1=O. The molecule has 0 saturated carbocycles. The molecule has 0 unspecified atom stereocenters. The molecule has 138 valence electrons. The molecule has 1 fully saturated rings. The lowest BCUT2D eigenvalue weighted by atomic mass is 9.82. The Hall–Kier alpha value is -1.74. The number of hydrogen-bond acceptors (Lipinski definition) is 8. The first kappa shape index (κ1) is 18.1. The van der Waals surface area contributed by atoms with Crippen LogP contribution >= 0.6 is 0 Å². The number of carbonyl (C=O) groups is 2. The van der Waals surface area contributed by atoms with Crippen LogP contribution in [0, 0.1) is 0 Å². The van der Waals surface area contributed by atoms with Crippen LogP contribution in [0.4, 0.5) is 0 Å². The van der Waals surface area contributed by atoms with Crippen LogP contribution in [0.5, 0.6) is 0 Å². The van der Waals surface area contributed by atoms with Crippen molar-refractivity contribution in [2.24, 2.45) is 0 Å². The number of esters is 2. The van der Waals surface area contributed by atoms with E-state index in [1.165, 1.54) is 19.9 Å². The van der Waals surface area contributed by atoms with E-state index in [0.29, 0.717) is 6.42 Å². The fourth-order valence-corrected chi connectivity index (χ4v) is 3.56. The highest BCUT2D eigenvalue weighted by molar-refractivity contribution is 5.95. The van der Waals surface area contributed by atoms with Gasteiger partial charge < -0.3 is 29.5 Å². The number of rotatable bonds is 2. The van der Waals surface area contributed by atoms with Gasteiger partial charge in [-0.15, -0.1) is 0 Å². The molecular formula is C17H22O8. The lowest BCUT2D eigenvalue weighted by molar-refractivity contribution is -0.297. The fourth-order valence-electron chi connectivity index (χ4n) is 3.56. The Kier molecular flexibility index (Phi) is 4.07. The van der Waals surface area contributed by atoms with Crippen LogP contribution in [0.3, 0.4) is 0 Å². The van der Waals surface area contributed by atoms with Gasteiger partial charge in [0.05, 0.1) is 17.3 Å². The standard InChI is InChI=1S/C17H22O8/c1-9(18)23-8-10-13-11(19)6-16(3,21)17(22)5-4-15(2,25-17)7-12(13)24-14(10)20/h7,11,19,21-22H,4-6,8H2,1-3H3/b12-7+/t11-,15+,16-,17+/m0/s1. The zero-order valence-electron chi connectivity index (χ0n) is 14.4. The quantitative estimate of drug-likeness (QED) is 0.595. The Morgan fingerprint density at radius 2 is 2.04 bits per heavy atom. The molecule has 3 aliphatic rings. The topological polar surface area (TPSA) is 123 Å². The molecular weight excluding hydrogens is 332 g/mol. The van der Waals surface area contributed by atoms with Gasteiger partial charge in [-0.25, -0.2) is 4.79 Å². The smallest absolute Gasteiger partial charge is 0.343 e. The van der Waals surface area contributed by atoms with Gasteiger partial charge in [-0.1, -0.05) is 0 Å². The van der Waals surface area contributed by atoms with E-state index in [0.717, 1.165) is 0 Å². The van der Waals surface area contributed by atoms with Gasteiger partial charge >= 0.3 is 11.9 Å². The van der Waals surface area contributed by atoms with Crippen LogP contribution in [0.2, 0.25) is 0 Å². The molecule has 3 rings (SSSR count). The third-order valence-corrected chi connectivity index (χ3v) is 5.02. The molecule has 0 amide bonds. The van der Waals surface area contributed by atoms with Gasteiger partial charge in [0.15, 0.2) is 5.79 Å². The van der Waals surface area contributed by atoms with Crippen LogP contribution in [0.25, 0.3) is 0 Å². The van der Waals surface area contributed by atoms with E-state index in [2.05, 4.69) is 0 Å². The lowest BCUT2D eigenvalue weighted by Crippen LogP contribution is -2.54. The van der Waals surface area contributed by atoms with Crippen molar-refractivity contribution in [3.05, 3.63) is 23.0 Å². The first-order valence-corrected chi connectivity index (χ1v) is 8.11. The van der Waals surface area contributed by atoms with Crippen molar-refractivity contribution in [3.63, 3.8) is 0 Å². The van der Waals surface area contributed by atoms with Gasteiger partial charge in [0.1, 0.15) is 18.0 Å². The molecule has 25 heavy (non-hydrogen) atoms. The Bertz CT molecular complexity index is 691. The number of carbonyl (C=O) groups excluding carboxylic acids is 2. The molecule has 0 radical (unpaired) electrons. The first-order chi connectivity index (χ1) is 11.5. The zero-order chi connectivity index (χ0) is 18.6. The van der Waals surface area contributed by atoms with Crippen molar-refractivity contribution in [1.82, 2.24) is 0 Å². The van der Waals surface area contributed by atoms with Crippen molar-refractivity contribution in [1.29, 1.82) is 0 Å². The molecule has 3 N–H and O–H groups in total. The number of hydrogen-bond donors (Lipinski definition) is 3. The van der Waals surface area contributed by atoms with Crippen LogP contribution in [-0.4, -0.2) is 57.0 Å². The minimum Gasteiger partial charge on any atom is -0.461 e. The van der Waals surface area contributed by atoms with Gasteiger partial charge in [-0.05, 0) is 26.3 Å². The Balaban J connectivity index is 2.09. The minimum absolute atomic E-state index is 0.0121. The molecule has 0 aliphatic carbocycles. The van der Waals surface area contributed by atoms with E-state index in [1.807, 2.05) is 0 Å². The largest absolute Gasteiger partial charge is 0.461 e. The van der Waals surface area contributed by atoms with Gasteiger partial charge in [-0.3, -0.25) is 4.79 Å². The molecule has 0 spiro atoms. The molecule has 8 nitrogen and oxygen atoms in total. The average Bonchev–Trinajstić information content (AvgIpc) is 2.94. The summed E-state index contributed by atoms with van der Waals surface area (Å²) in [5.41, 5.74) is -2.59. The Labute approximate surface area is 144 Å². The molecule has 4 atom stereocenters. The summed E-state index contributed by atoms with van der Waals surface area (Å²) >= 11 is 0. The Morgan fingerprint density at radius 1 is 1.36 bits per heavy atom. The number of aliphatic hydroxyl groups excluding tert-OH is 1. The monoisotopic (exact) mass is 354 g/mol.